The Balaban J connectivity index is 1.63. The van der Waals surface area contributed by atoms with Crippen LogP contribution in [0.3, 0.4) is 0 Å². The van der Waals surface area contributed by atoms with Crippen molar-refractivity contribution in [3.8, 4) is 22.8 Å². The van der Waals surface area contributed by atoms with E-state index in [0.29, 0.717) is 23.5 Å². The molecule has 0 fully saturated rings. The summed E-state index contributed by atoms with van der Waals surface area (Å²) in [6.45, 7) is 2.25. The zero-order chi connectivity index (χ0) is 25.0. The van der Waals surface area contributed by atoms with Crippen LogP contribution < -0.4 is 15.9 Å². The maximum atomic E-state index is 12.9. The number of halogens is 3. The number of anilines is 1. The molecule has 0 bridgehead atoms. The van der Waals surface area contributed by atoms with Gasteiger partial charge in [-0.2, -0.15) is 23.0 Å². The Kier molecular flexibility index (Phi) is 6.44. The number of carbonyl (C=O) groups is 1. The molecule has 2 heterocycles. The molecule has 0 spiro atoms. The number of nitrogens with two attached hydrogens (primary N) is 1. The normalized spacial score (nSPS) is 11.7. The molecule has 180 valence electrons. The fraction of sp³-hybridized carbons (Fsp3) is 0.143. The summed E-state index contributed by atoms with van der Waals surface area (Å²) in [6.07, 6.45) is -3.26. The molecule has 14 heteroatoms. The highest BCUT2D eigenvalue weighted by atomic mass is 19.4. The van der Waals surface area contributed by atoms with Crippen LogP contribution in [0.5, 0.6) is 5.75 Å². The SMILES string of the molecule is CCOc1cccc(-c2c(C(=O)NN=Cc3ccc(C(F)(F)F)cc3)nnn2-c2nonc2N)c1. The molecule has 1 amide bonds. The first-order valence-corrected chi connectivity index (χ1v) is 10.1. The summed E-state index contributed by atoms with van der Waals surface area (Å²) in [5.41, 5.74) is 8.19. The lowest BCUT2D eigenvalue weighted by atomic mass is 10.1. The van der Waals surface area contributed by atoms with E-state index in [4.69, 9.17) is 10.5 Å². The average molecular weight is 486 g/mol. The molecule has 2 aromatic heterocycles. The van der Waals surface area contributed by atoms with E-state index in [-0.39, 0.29) is 23.0 Å². The van der Waals surface area contributed by atoms with Crippen LogP contribution >= 0.6 is 0 Å². The van der Waals surface area contributed by atoms with Crippen molar-refractivity contribution < 1.29 is 27.3 Å². The molecule has 35 heavy (non-hydrogen) atoms. The fourth-order valence-corrected chi connectivity index (χ4v) is 3.06. The molecule has 0 radical (unpaired) electrons. The van der Waals surface area contributed by atoms with Gasteiger partial charge >= 0.3 is 6.18 Å². The van der Waals surface area contributed by atoms with E-state index in [0.717, 1.165) is 12.1 Å². The maximum Gasteiger partial charge on any atom is 0.416 e. The van der Waals surface area contributed by atoms with Crippen molar-refractivity contribution in [2.75, 3.05) is 12.3 Å². The number of ether oxygens (including phenoxy) is 1. The molecular weight excluding hydrogens is 469 g/mol. The van der Waals surface area contributed by atoms with Crippen LogP contribution in [-0.4, -0.2) is 44.0 Å². The summed E-state index contributed by atoms with van der Waals surface area (Å²) >= 11 is 0. The molecular formula is C21H17F3N8O3. The van der Waals surface area contributed by atoms with Gasteiger partial charge in [0.1, 0.15) is 11.4 Å². The number of nitrogens with zero attached hydrogens (tertiary/aromatic N) is 6. The minimum atomic E-state index is -4.45. The maximum absolute atomic E-state index is 12.9. The number of hydrogen-bond donors (Lipinski definition) is 2. The Bertz CT molecular complexity index is 1360. The van der Waals surface area contributed by atoms with Gasteiger partial charge in [-0.3, -0.25) is 4.79 Å². The average Bonchev–Trinajstić information content (AvgIpc) is 3.45. The number of nitrogens with one attached hydrogen (secondary N) is 1. The van der Waals surface area contributed by atoms with Crippen LogP contribution in [0.1, 0.15) is 28.5 Å². The van der Waals surface area contributed by atoms with Crippen LogP contribution in [0.4, 0.5) is 19.0 Å². The Hall–Kier alpha value is -4.75. The van der Waals surface area contributed by atoms with Crippen molar-refractivity contribution in [3.63, 3.8) is 0 Å². The quantitative estimate of drug-likeness (QED) is 0.299. The smallest absolute Gasteiger partial charge is 0.416 e. The second kappa shape index (κ2) is 9.62. The molecule has 0 aliphatic rings. The molecule has 0 atom stereocenters. The lowest BCUT2D eigenvalue weighted by Crippen LogP contribution is -2.19. The van der Waals surface area contributed by atoms with Gasteiger partial charge < -0.3 is 10.5 Å². The van der Waals surface area contributed by atoms with Gasteiger partial charge in [-0.25, -0.2) is 10.1 Å². The largest absolute Gasteiger partial charge is 0.494 e. The Morgan fingerprint density at radius 2 is 2.00 bits per heavy atom. The number of rotatable bonds is 7. The van der Waals surface area contributed by atoms with E-state index in [9.17, 15) is 18.0 Å². The first kappa shape index (κ1) is 23.4. The van der Waals surface area contributed by atoms with Crippen LogP contribution in [0.15, 0.2) is 58.3 Å². The second-order valence-corrected chi connectivity index (χ2v) is 6.95. The molecule has 4 aromatic rings. The topological polar surface area (TPSA) is 146 Å². The van der Waals surface area contributed by atoms with E-state index in [2.05, 4.69) is 35.8 Å². The molecule has 0 aliphatic carbocycles. The number of carbonyl (C=O) groups excluding carboxylic acids is 1. The second-order valence-electron chi connectivity index (χ2n) is 6.95. The molecule has 3 N–H and O–H groups in total. The lowest BCUT2D eigenvalue weighted by molar-refractivity contribution is -0.137. The van der Waals surface area contributed by atoms with Gasteiger partial charge in [0.05, 0.1) is 18.4 Å². The van der Waals surface area contributed by atoms with Crippen molar-refractivity contribution in [2.24, 2.45) is 5.10 Å². The standard InChI is InChI=1S/C21H17F3N8O3/c1-2-34-15-5-3-4-13(10-15)17-16(27-31-32(17)19-18(25)29-35-30-19)20(33)28-26-11-12-6-8-14(9-7-12)21(22,23)24/h3-11H,2H2,1H3,(H2,25,29)(H,28,33). The summed E-state index contributed by atoms with van der Waals surface area (Å²) in [5.74, 6) is -0.270. The third-order valence-electron chi connectivity index (χ3n) is 4.62. The van der Waals surface area contributed by atoms with Crippen LogP contribution in [0.25, 0.3) is 17.1 Å². The predicted octanol–water partition coefficient (Wildman–Crippen LogP) is 3.08. The van der Waals surface area contributed by atoms with Crippen molar-refractivity contribution in [2.45, 2.75) is 13.1 Å². The monoisotopic (exact) mass is 486 g/mol. The minimum Gasteiger partial charge on any atom is -0.494 e. The molecule has 4 rings (SSSR count). The first-order chi connectivity index (χ1) is 16.8. The summed E-state index contributed by atoms with van der Waals surface area (Å²) in [7, 11) is 0. The highest BCUT2D eigenvalue weighted by Crippen LogP contribution is 2.30. The molecule has 11 nitrogen and oxygen atoms in total. The van der Waals surface area contributed by atoms with Crippen LogP contribution in [-0.2, 0) is 6.18 Å². The zero-order valence-corrected chi connectivity index (χ0v) is 18.0. The summed E-state index contributed by atoms with van der Waals surface area (Å²) in [5, 5.41) is 18.9. The number of alkyl halides is 3. The Morgan fingerprint density at radius 3 is 2.66 bits per heavy atom. The van der Waals surface area contributed by atoms with Gasteiger partial charge in [0.15, 0.2) is 5.69 Å². The van der Waals surface area contributed by atoms with Crippen molar-refractivity contribution in [1.29, 1.82) is 0 Å². The van der Waals surface area contributed by atoms with Crippen LogP contribution in [0.2, 0.25) is 0 Å². The molecule has 0 saturated heterocycles. The number of aromatic nitrogens is 5. The van der Waals surface area contributed by atoms with Gasteiger partial charge in [0.25, 0.3) is 5.91 Å². The highest BCUT2D eigenvalue weighted by molar-refractivity contribution is 5.99. The van der Waals surface area contributed by atoms with E-state index < -0.39 is 17.6 Å². The van der Waals surface area contributed by atoms with Gasteiger partial charge in [-0.1, -0.05) is 29.5 Å². The van der Waals surface area contributed by atoms with E-state index in [1.165, 1.54) is 23.0 Å². The number of amides is 1. The van der Waals surface area contributed by atoms with E-state index in [1.807, 2.05) is 6.92 Å². The van der Waals surface area contributed by atoms with Gasteiger partial charge in [-0.15, -0.1) is 5.10 Å². The predicted molar refractivity (Wildman–Crippen MR) is 117 cm³/mol. The van der Waals surface area contributed by atoms with Crippen LogP contribution in [0, 0.1) is 0 Å². The van der Waals surface area contributed by atoms with Crippen molar-refractivity contribution in [3.05, 3.63) is 65.4 Å². The molecule has 0 aliphatic heterocycles. The third kappa shape index (κ3) is 5.10. The Morgan fingerprint density at radius 1 is 1.23 bits per heavy atom. The zero-order valence-electron chi connectivity index (χ0n) is 18.0. The first-order valence-electron chi connectivity index (χ1n) is 10.1. The highest BCUT2D eigenvalue weighted by Gasteiger charge is 2.30. The van der Waals surface area contributed by atoms with Crippen molar-refractivity contribution >= 4 is 17.9 Å². The molecule has 0 saturated carbocycles. The summed E-state index contributed by atoms with van der Waals surface area (Å²) < 4.78 is 49.5. The lowest BCUT2D eigenvalue weighted by Gasteiger charge is -2.08. The van der Waals surface area contributed by atoms with Gasteiger partial charge in [-0.05, 0) is 47.1 Å². The number of hydrogen-bond acceptors (Lipinski definition) is 9. The van der Waals surface area contributed by atoms with Crippen molar-refractivity contribution in [1.82, 2.24) is 30.7 Å². The fourth-order valence-electron chi connectivity index (χ4n) is 3.06. The third-order valence-corrected chi connectivity index (χ3v) is 4.62. The molecule has 2 aromatic carbocycles. The molecule has 0 unspecified atom stereocenters. The van der Waals surface area contributed by atoms with Gasteiger partial charge in [0.2, 0.25) is 11.6 Å². The van der Waals surface area contributed by atoms with E-state index >= 15 is 0 Å². The van der Waals surface area contributed by atoms with E-state index in [1.54, 1.807) is 24.3 Å². The minimum absolute atomic E-state index is 0.0154. The summed E-state index contributed by atoms with van der Waals surface area (Å²) in [6, 6.07) is 11.1. The number of hydrazone groups is 1. The summed E-state index contributed by atoms with van der Waals surface area (Å²) in [4.78, 5) is 12.9. The number of nitrogen functional groups attached to an aromatic ring is 1. The number of benzene rings is 2. The van der Waals surface area contributed by atoms with Gasteiger partial charge in [0, 0.05) is 5.56 Å². The Labute approximate surface area is 195 Å².